The molecular weight excluding hydrogens is 397 g/mol. The largest absolute Gasteiger partial charge is 0.335 e. The molecule has 162 valence electrons. The van der Waals surface area contributed by atoms with Crippen LogP contribution in [-0.4, -0.2) is 46.2 Å². The Morgan fingerprint density at radius 3 is 2.65 bits per heavy atom. The van der Waals surface area contributed by atoms with Gasteiger partial charge in [0.05, 0.1) is 17.2 Å². The fourth-order valence-electron chi connectivity index (χ4n) is 3.93. The van der Waals surface area contributed by atoms with E-state index in [1.807, 2.05) is 30.3 Å². The minimum absolute atomic E-state index is 0.130. The van der Waals surface area contributed by atoms with Gasteiger partial charge in [-0.05, 0) is 24.5 Å². The highest BCUT2D eigenvalue weighted by atomic mass is 19.1. The first-order chi connectivity index (χ1) is 15.1. The van der Waals surface area contributed by atoms with Gasteiger partial charge in [0, 0.05) is 50.9 Å². The molecule has 1 fully saturated rings. The number of nitrogens with one attached hydrogen (secondary N) is 2. The summed E-state index contributed by atoms with van der Waals surface area (Å²) in [5, 5.41) is 5.93. The first-order valence-electron chi connectivity index (χ1n) is 10.5. The Bertz CT molecular complexity index is 1090. The Morgan fingerprint density at radius 1 is 1.10 bits per heavy atom. The van der Waals surface area contributed by atoms with Crippen molar-refractivity contribution in [2.45, 2.75) is 32.0 Å². The van der Waals surface area contributed by atoms with Gasteiger partial charge in [-0.15, -0.1) is 0 Å². The summed E-state index contributed by atoms with van der Waals surface area (Å²) < 4.78 is 15.2. The fourth-order valence-corrected chi connectivity index (χ4v) is 3.93. The van der Waals surface area contributed by atoms with Crippen molar-refractivity contribution in [3.05, 3.63) is 76.5 Å². The van der Waals surface area contributed by atoms with Crippen LogP contribution < -0.4 is 16.2 Å². The average Bonchev–Trinajstić information content (AvgIpc) is 2.79. The van der Waals surface area contributed by atoms with Crippen molar-refractivity contribution in [1.82, 2.24) is 25.1 Å². The quantitative estimate of drug-likeness (QED) is 0.639. The predicted octanol–water partition coefficient (Wildman–Crippen LogP) is 2.50. The molecule has 2 aromatic heterocycles. The maximum absolute atomic E-state index is 13.6. The van der Waals surface area contributed by atoms with E-state index in [2.05, 4.69) is 20.5 Å². The second-order valence-electron chi connectivity index (χ2n) is 7.81. The molecule has 2 N–H and O–H groups in total. The number of urea groups is 1. The summed E-state index contributed by atoms with van der Waals surface area (Å²) >= 11 is 0. The number of nitrogens with zero attached hydrogens (tertiary/aromatic N) is 3. The Kier molecular flexibility index (Phi) is 6.57. The van der Waals surface area contributed by atoms with Crippen molar-refractivity contribution >= 4 is 17.1 Å². The average molecular weight is 423 g/mol. The molecule has 1 aliphatic rings. The lowest BCUT2D eigenvalue weighted by molar-refractivity contribution is 0.187. The zero-order chi connectivity index (χ0) is 21.6. The number of halogens is 1. The number of rotatable bonds is 6. The Morgan fingerprint density at radius 2 is 1.87 bits per heavy atom. The zero-order valence-corrected chi connectivity index (χ0v) is 17.3. The van der Waals surface area contributed by atoms with Crippen molar-refractivity contribution in [1.29, 1.82) is 0 Å². The Labute approximate surface area is 179 Å². The second-order valence-corrected chi connectivity index (χ2v) is 7.81. The fraction of sp³-hybridized carbons (Fsp3) is 0.348. The van der Waals surface area contributed by atoms with Crippen LogP contribution in [0.4, 0.5) is 9.18 Å². The third kappa shape index (κ3) is 5.46. The lowest BCUT2D eigenvalue weighted by atomic mass is 10.1. The number of likely N-dealkylation sites (tertiary alicyclic amines) is 1. The molecule has 4 rings (SSSR count). The van der Waals surface area contributed by atoms with Gasteiger partial charge in [0.1, 0.15) is 5.82 Å². The first kappa shape index (κ1) is 21.0. The van der Waals surface area contributed by atoms with Crippen molar-refractivity contribution in [2.75, 3.05) is 19.6 Å². The number of hydrogen-bond donors (Lipinski definition) is 2. The van der Waals surface area contributed by atoms with E-state index >= 15 is 0 Å². The molecule has 8 heteroatoms. The molecule has 1 aromatic carbocycles. The molecule has 0 unspecified atom stereocenters. The number of aromatic nitrogens is 2. The van der Waals surface area contributed by atoms with Gasteiger partial charge in [0.25, 0.3) is 5.56 Å². The molecule has 31 heavy (non-hydrogen) atoms. The highest BCUT2D eigenvalue weighted by molar-refractivity contribution is 5.74. The molecule has 7 nitrogen and oxygen atoms in total. The molecule has 1 saturated heterocycles. The van der Waals surface area contributed by atoms with E-state index in [9.17, 15) is 14.0 Å². The molecule has 0 atom stereocenters. The smallest absolute Gasteiger partial charge is 0.315 e. The first-order valence-corrected chi connectivity index (χ1v) is 10.5. The number of fused-ring (bicyclic) bond motifs is 1. The van der Waals surface area contributed by atoms with Crippen LogP contribution in [0.3, 0.4) is 0 Å². The van der Waals surface area contributed by atoms with Gasteiger partial charge >= 0.3 is 6.03 Å². The SMILES string of the molecule is O=C(NCc1ccccc1)NC1CCN(CCn2c(=O)ccc3ncc(F)cc32)CC1. The molecule has 0 aliphatic carbocycles. The monoisotopic (exact) mass is 423 g/mol. The van der Waals surface area contributed by atoms with Crippen molar-refractivity contribution < 1.29 is 9.18 Å². The highest BCUT2D eigenvalue weighted by Crippen LogP contribution is 2.13. The van der Waals surface area contributed by atoms with E-state index in [4.69, 9.17) is 0 Å². The third-order valence-corrected chi connectivity index (χ3v) is 5.66. The van der Waals surface area contributed by atoms with Crippen LogP contribution >= 0.6 is 0 Å². The summed E-state index contributed by atoms with van der Waals surface area (Å²) in [4.78, 5) is 30.8. The van der Waals surface area contributed by atoms with Crippen LogP contribution in [0.25, 0.3) is 11.0 Å². The third-order valence-electron chi connectivity index (χ3n) is 5.66. The van der Waals surface area contributed by atoms with Gasteiger partial charge in [0.2, 0.25) is 0 Å². The molecule has 3 aromatic rings. The highest BCUT2D eigenvalue weighted by Gasteiger charge is 2.20. The van der Waals surface area contributed by atoms with Crippen LogP contribution in [0.1, 0.15) is 18.4 Å². The molecule has 3 heterocycles. The number of piperidine rings is 1. The standard InChI is InChI=1S/C23H26FN5O2/c24-18-14-21-20(25-16-18)6-7-22(30)29(21)13-12-28-10-8-19(9-11-28)27-23(31)26-15-17-4-2-1-3-5-17/h1-7,14,16,19H,8-13,15H2,(H2,26,27,31). The molecule has 0 saturated carbocycles. The van der Waals surface area contributed by atoms with Gasteiger partial charge in [-0.1, -0.05) is 30.3 Å². The molecule has 0 spiro atoms. The molecule has 0 bridgehead atoms. The summed E-state index contributed by atoms with van der Waals surface area (Å²) in [6.07, 6.45) is 2.85. The number of carbonyl (C=O) groups excluding carboxylic acids is 1. The van der Waals surface area contributed by atoms with Gasteiger partial charge in [-0.2, -0.15) is 0 Å². The van der Waals surface area contributed by atoms with Crippen LogP contribution in [0.2, 0.25) is 0 Å². The zero-order valence-electron chi connectivity index (χ0n) is 17.3. The van der Waals surface area contributed by atoms with Crippen LogP contribution in [-0.2, 0) is 13.1 Å². The van der Waals surface area contributed by atoms with Gasteiger partial charge in [-0.25, -0.2) is 9.18 Å². The maximum Gasteiger partial charge on any atom is 0.315 e. The van der Waals surface area contributed by atoms with Gasteiger partial charge in [0.15, 0.2) is 0 Å². The van der Waals surface area contributed by atoms with Crippen molar-refractivity contribution in [2.24, 2.45) is 0 Å². The van der Waals surface area contributed by atoms with E-state index < -0.39 is 5.82 Å². The van der Waals surface area contributed by atoms with Gasteiger partial charge in [-0.3, -0.25) is 9.78 Å². The second kappa shape index (κ2) is 9.70. The van der Waals surface area contributed by atoms with E-state index in [-0.39, 0.29) is 17.6 Å². The Balaban J connectivity index is 1.25. The van der Waals surface area contributed by atoms with Crippen LogP contribution in [0.5, 0.6) is 0 Å². The number of amides is 2. The number of carbonyl (C=O) groups is 1. The minimum atomic E-state index is -0.454. The number of benzene rings is 1. The van der Waals surface area contributed by atoms with Crippen LogP contribution in [0, 0.1) is 5.82 Å². The van der Waals surface area contributed by atoms with Crippen LogP contribution in [0.15, 0.2) is 59.5 Å². The molecule has 0 radical (unpaired) electrons. The number of hydrogen-bond acceptors (Lipinski definition) is 4. The number of pyridine rings is 2. The molecule has 2 amide bonds. The topological polar surface area (TPSA) is 79.3 Å². The summed E-state index contributed by atoms with van der Waals surface area (Å²) in [5.41, 5.74) is 2.02. The molecular formula is C23H26FN5O2. The van der Waals surface area contributed by atoms with Gasteiger partial charge < -0.3 is 20.1 Å². The van der Waals surface area contributed by atoms with E-state index in [1.165, 1.54) is 12.1 Å². The summed E-state index contributed by atoms with van der Waals surface area (Å²) in [6.45, 7) is 3.31. The lowest BCUT2D eigenvalue weighted by Crippen LogP contribution is -2.48. The van der Waals surface area contributed by atoms with Crippen molar-refractivity contribution in [3.8, 4) is 0 Å². The summed E-state index contributed by atoms with van der Waals surface area (Å²) in [5.74, 6) is -0.454. The lowest BCUT2D eigenvalue weighted by Gasteiger charge is -2.32. The maximum atomic E-state index is 13.6. The summed E-state index contributed by atoms with van der Waals surface area (Å²) in [7, 11) is 0. The predicted molar refractivity (Wildman–Crippen MR) is 117 cm³/mol. The van der Waals surface area contributed by atoms with E-state index in [0.717, 1.165) is 37.7 Å². The van der Waals surface area contributed by atoms with E-state index in [1.54, 1.807) is 10.6 Å². The Hall–Kier alpha value is -3.26. The molecule has 1 aliphatic heterocycles. The van der Waals surface area contributed by atoms with E-state index in [0.29, 0.717) is 30.7 Å². The minimum Gasteiger partial charge on any atom is -0.335 e. The normalized spacial score (nSPS) is 15.1. The van der Waals surface area contributed by atoms with Crippen molar-refractivity contribution in [3.63, 3.8) is 0 Å². The summed E-state index contributed by atoms with van der Waals surface area (Å²) in [6, 6.07) is 14.2.